The molecule has 0 aromatic heterocycles. The normalized spacial score (nSPS) is 12.2. The summed E-state index contributed by atoms with van der Waals surface area (Å²) in [5.41, 5.74) is 6.87. The number of hydrogen-bond acceptors (Lipinski definition) is 3. The zero-order valence-corrected chi connectivity index (χ0v) is 11.6. The van der Waals surface area contributed by atoms with Crippen molar-refractivity contribution in [1.29, 1.82) is 0 Å². The van der Waals surface area contributed by atoms with Gasteiger partial charge in [-0.1, -0.05) is 0 Å². The Morgan fingerprint density at radius 1 is 1.59 bits per heavy atom. The number of nitrogens with one attached hydrogen (secondary N) is 1. The smallest absolute Gasteiger partial charge is 0.251 e. The van der Waals surface area contributed by atoms with Crippen molar-refractivity contribution in [3.8, 4) is 0 Å². The molecule has 0 spiro atoms. The molecule has 0 aliphatic heterocycles. The minimum atomic E-state index is -0.102. The number of amides is 1. The summed E-state index contributed by atoms with van der Waals surface area (Å²) in [5.74, 6) is -0.102. The quantitative estimate of drug-likeness (QED) is 0.819. The zero-order chi connectivity index (χ0) is 12.8. The number of carbonyl (C=O) groups is 1. The monoisotopic (exact) mass is 300 g/mol. The van der Waals surface area contributed by atoms with E-state index in [-0.39, 0.29) is 11.9 Å². The van der Waals surface area contributed by atoms with Gasteiger partial charge in [0.15, 0.2) is 0 Å². The molecule has 1 aromatic carbocycles. The predicted molar refractivity (Wildman–Crippen MR) is 72.0 cm³/mol. The van der Waals surface area contributed by atoms with Crippen molar-refractivity contribution in [1.82, 2.24) is 5.32 Å². The van der Waals surface area contributed by atoms with Crippen LogP contribution in [-0.2, 0) is 4.74 Å². The average molecular weight is 301 g/mol. The minimum absolute atomic E-state index is 0.0822. The second-order valence-corrected chi connectivity index (χ2v) is 4.75. The number of nitrogens with two attached hydrogens (primary N) is 1. The maximum atomic E-state index is 11.9. The highest BCUT2D eigenvalue weighted by molar-refractivity contribution is 9.10. The van der Waals surface area contributed by atoms with Crippen LogP contribution in [-0.4, -0.2) is 25.7 Å². The summed E-state index contributed by atoms with van der Waals surface area (Å²) in [6, 6.07) is 5.21. The maximum Gasteiger partial charge on any atom is 0.251 e. The molecular formula is C12H17BrN2O2. The Bertz CT molecular complexity index is 396. The van der Waals surface area contributed by atoms with Crippen LogP contribution < -0.4 is 11.1 Å². The summed E-state index contributed by atoms with van der Waals surface area (Å²) in [6.45, 7) is 2.58. The number of nitrogen functional groups attached to an aromatic ring is 1. The summed E-state index contributed by atoms with van der Waals surface area (Å²) >= 11 is 3.30. The number of rotatable bonds is 5. The van der Waals surface area contributed by atoms with E-state index in [2.05, 4.69) is 21.2 Å². The highest BCUT2D eigenvalue weighted by Gasteiger charge is 2.10. The van der Waals surface area contributed by atoms with E-state index in [9.17, 15) is 4.79 Å². The minimum Gasteiger partial charge on any atom is -0.398 e. The number of halogens is 1. The van der Waals surface area contributed by atoms with E-state index in [0.29, 0.717) is 17.9 Å². The van der Waals surface area contributed by atoms with Crippen molar-refractivity contribution in [2.75, 3.05) is 19.5 Å². The van der Waals surface area contributed by atoms with Crippen LogP contribution in [0.15, 0.2) is 22.7 Å². The van der Waals surface area contributed by atoms with Gasteiger partial charge in [0, 0.05) is 35.5 Å². The first-order valence-corrected chi connectivity index (χ1v) is 6.18. The molecule has 1 amide bonds. The largest absolute Gasteiger partial charge is 0.398 e. The molecule has 0 saturated heterocycles. The summed E-state index contributed by atoms with van der Waals surface area (Å²) in [7, 11) is 1.64. The summed E-state index contributed by atoms with van der Waals surface area (Å²) in [5, 5.41) is 2.90. The molecule has 0 saturated carbocycles. The summed E-state index contributed by atoms with van der Waals surface area (Å²) < 4.78 is 5.69. The van der Waals surface area contributed by atoms with Crippen molar-refractivity contribution in [3.05, 3.63) is 28.2 Å². The Kier molecular flexibility index (Phi) is 5.44. The fourth-order valence-corrected chi connectivity index (χ4v) is 1.72. The van der Waals surface area contributed by atoms with Gasteiger partial charge in [-0.25, -0.2) is 0 Å². The first-order chi connectivity index (χ1) is 8.04. The van der Waals surface area contributed by atoms with E-state index in [1.165, 1.54) is 0 Å². The fourth-order valence-electron chi connectivity index (χ4n) is 1.34. The highest BCUT2D eigenvalue weighted by Crippen LogP contribution is 2.20. The molecule has 4 nitrogen and oxygen atoms in total. The van der Waals surface area contributed by atoms with E-state index >= 15 is 0 Å². The first kappa shape index (κ1) is 14.0. The van der Waals surface area contributed by atoms with E-state index < -0.39 is 0 Å². The van der Waals surface area contributed by atoms with Gasteiger partial charge in [-0.15, -0.1) is 0 Å². The van der Waals surface area contributed by atoms with Gasteiger partial charge in [0.1, 0.15) is 0 Å². The van der Waals surface area contributed by atoms with Crippen LogP contribution in [0.1, 0.15) is 23.7 Å². The molecule has 0 bridgehead atoms. The van der Waals surface area contributed by atoms with Crippen LogP contribution in [0.5, 0.6) is 0 Å². The number of hydrogen-bond donors (Lipinski definition) is 2. The lowest BCUT2D eigenvalue weighted by Crippen LogP contribution is -2.33. The van der Waals surface area contributed by atoms with Gasteiger partial charge in [0.05, 0.1) is 0 Å². The second kappa shape index (κ2) is 6.61. The van der Waals surface area contributed by atoms with Crippen molar-refractivity contribution >= 4 is 27.5 Å². The number of anilines is 1. The van der Waals surface area contributed by atoms with Crippen LogP contribution in [0, 0.1) is 0 Å². The molecule has 1 unspecified atom stereocenters. The lowest BCUT2D eigenvalue weighted by Gasteiger charge is -2.13. The Morgan fingerprint density at radius 3 is 2.88 bits per heavy atom. The van der Waals surface area contributed by atoms with Crippen molar-refractivity contribution < 1.29 is 9.53 Å². The number of benzene rings is 1. The van der Waals surface area contributed by atoms with Crippen LogP contribution >= 0.6 is 15.9 Å². The summed E-state index contributed by atoms with van der Waals surface area (Å²) in [4.78, 5) is 11.9. The third-order valence-electron chi connectivity index (χ3n) is 2.40. The Balaban J connectivity index is 2.60. The summed E-state index contributed by atoms with van der Waals surface area (Å²) in [6.07, 6.45) is 0.790. The maximum absolute atomic E-state index is 11.9. The molecule has 3 N–H and O–H groups in total. The van der Waals surface area contributed by atoms with Crippen molar-refractivity contribution in [3.63, 3.8) is 0 Å². The lowest BCUT2D eigenvalue weighted by atomic mass is 10.1. The standard InChI is InChI=1S/C12H17BrN2O2/c1-8(5-6-17-2)15-12(16)9-3-4-11(14)10(13)7-9/h3-4,7-8H,5-6,14H2,1-2H3,(H,15,16). The second-order valence-electron chi connectivity index (χ2n) is 3.89. The molecule has 0 radical (unpaired) electrons. The predicted octanol–water partition coefficient (Wildman–Crippen LogP) is 2.19. The van der Waals surface area contributed by atoms with E-state index in [0.717, 1.165) is 10.9 Å². The topological polar surface area (TPSA) is 64.3 Å². The molecule has 1 rings (SSSR count). The molecule has 94 valence electrons. The Hall–Kier alpha value is -1.07. The SMILES string of the molecule is COCCC(C)NC(=O)c1ccc(N)c(Br)c1. The first-order valence-electron chi connectivity index (χ1n) is 5.39. The average Bonchev–Trinajstić information content (AvgIpc) is 2.30. The van der Waals surface area contributed by atoms with Gasteiger partial charge < -0.3 is 15.8 Å². The van der Waals surface area contributed by atoms with Gasteiger partial charge in [-0.2, -0.15) is 0 Å². The van der Waals surface area contributed by atoms with Crippen LogP contribution in [0.4, 0.5) is 5.69 Å². The van der Waals surface area contributed by atoms with E-state index in [4.69, 9.17) is 10.5 Å². The fraction of sp³-hybridized carbons (Fsp3) is 0.417. The molecule has 0 aliphatic rings. The lowest BCUT2D eigenvalue weighted by molar-refractivity contribution is 0.0929. The molecule has 1 atom stereocenters. The molecular weight excluding hydrogens is 284 g/mol. The van der Waals surface area contributed by atoms with Gasteiger partial charge in [-0.3, -0.25) is 4.79 Å². The molecule has 17 heavy (non-hydrogen) atoms. The van der Waals surface area contributed by atoms with Crippen LogP contribution in [0.2, 0.25) is 0 Å². The third-order valence-corrected chi connectivity index (χ3v) is 3.08. The van der Waals surface area contributed by atoms with Gasteiger partial charge in [0.2, 0.25) is 0 Å². The number of methoxy groups -OCH3 is 1. The Morgan fingerprint density at radius 2 is 2.29 bits per heavy atom. The van der Waals surface area contributed by atoms with Crippen LogP contribution in [0.25, 0.3) is 0 Å². The van der Waals surface area contributed by atoms with Crippen molar-refractivity contribution in [2.45, 2.75) is 19.4 Å². The number of ether oxygens (including phenoxy) is 1. The van der Waals surface area contributed by atoms with E-state index in [1.54, 1.807) is 25.3 Å². The molecule has 0 heterocycles. The van der Waals surface area contributed by atoms with Crippen LogP contribution in [0.3, 0.4) is 0 Å². The van der Waals surface area contributed by atoms with E-state index in [1.807, 2.05) is 6.92 Å². The Labute approximate surface area is 110 Å². The molecule has 0 aliphatic carbocycles. The van der Waals surface area contributed by atoms with Gasteiger partial charge in [0.25, 0.3) is 5.91 Å². The highest BCUT2D eigenvalue weighted by atomic mass is 79.9. The molecule has 5 heteroatoms. The molecule has 0 fully saturated rings. The number of carbonyl (C=O) groups excluding carboxylic acids is 1. The van der Waals surface area contributed by atoms with Crippen molar-refractivity contribution in [2.24, 2.45) is 0 Å². The van der Waals surface area contributed by atoms with Gasteiger partial charge in [-0.05, 0) is 47.5 Å². The van der Waals surface area contributed by atoms with Gasteiger partial charge >= 0.3 is 0 Å². The molecule has 1 aromatic rings. The zero-order valence-electron chi connectivity index (χ0n) is 10.00. The third kappa shape index (κ3) is 4.36.